The monoisotopic (exact) mass is 241 g/mol. The van der Waals surface area contributed by atoms with Crippen LogP contribution in [0.25, 0.3) is 11.1 Å². The SMILES string of the molecule is Cc1cc(-c2ccc(N(C)C)cc2)ccc1CO. The molecular formula is C16H19NO. The van der Waals surface area contributed by atoms with Crippen LogP contribution < -0.4 is 4.90 Å². The maximum atomic E-state index is 9.17. The summed E-state index contributed by atoms with van der Waals surface area (Å²) >= 11 is 0. The average Bonchev–Trinajstić information content (AvgIpc) is 2.38. The van der Waals surface area contributed by atoms with Crippen LogP contribution in [0.2, 0.25) is 0 Å². The van der Waals surface area contributed by atoms with Crippen LogP contribution in [0.4, 0.5) is 5.69 Å². The first-order valence-electron chi connectivity index (χ1n) is 6.10. The fourth-order valence-corrected chi connectivity index (χ4v) is 2.00. The first-order valence-corrected chi connectivity index (χ1v) is 6.10. The van der Waals surface area contributed by atoms with Crippen LogP contribution in [0.5, 0.6) is 0 Å². The molecule has 0 radical (unpaired) electrons. The van der Waals surface area contributed by atoms with Crippen molar-refractivity contribution in [2.45, 2.75) is 13.5 Å². The Bertz CT molecular complexity index is 529. The van der Waals surface area contributed by atoms with Crippen LogP contribution in [0.1, 0.15) is 11.1 Å². The van der Waals surface area contributed by atoms with Crippen LogP contribution in [0.3, 0.4) is 0 Å². The summed E-state index contributed by atoms with van der Waals surface area (Å²) in [5.41, 5.74) is 5.71. The molecular weight excluding hydrogens is 222 g/mol. The minimum absolute atomic E-state index is 0.103. The second-order valence-electron chi connectivity index (χ2n) is 4.74. The van der Waals surface area contributed by atoms with E-state index >= 15 is 0 Å². The second-order valence-corrected chi connectivity index (χ2v) is 4.74. The molecule has 0 saturated heterocycles. The van der Waals surface area contributed by atoms with Gasteiger partial charge < -0.3 is 10.0 Å². The molecule has 0 heterocycles. The molecule has 0 atom stereocenters. The van der Waals surface area contributed by atoms with Crippen molar-refractivity contribution in [1.82, 2.24) is 0 Å². The van der Waals surface area contributed by atoms with E-state index in [9.17, 15) is 5.11 Å². The van der Waals surface area contributed by atoms with E-state index in [-0.39, 0.29) is 6.61 Å². The quantitative estimate of drug-likeness (QED) is 0.892. The lowest BCUT2D eigenvalue weighted by molar-refractivity contribution is 0.281. The van der Waals surface area contributed by atoms with Gasteiger partial charge in [-0.2, -0.15) is 0 Å². The zero-order valence-corrected chi connectivity index (χ0v) is 11.1. The Labute approximate surface area is 109 Å². The van der Waals surface area contributed by atoms with Crippen molar-refractivity contribution in [3.63, 3.8) is 0 Å². The Balaban J connectivity index is 2.34. The number of nitrogens with zero attached hydrogens (tertiary/aromatic N) is 1. The van der Waals surface area contributed by atoms with Crippen LogP contribution in [0, 0.1) is 6.92 Å². The molecule has 0 bridgehead atoms. The summed E-state index contributed by atoms with van der Waals surface area (Å²) in [6, 6.07) is 14.7. The number of hydrogen-bond acceptors (Lipinski definition) is 2. The van der Waals surface area contributed by atoms with Crippen molar-refractivity contribution >= 4 is 5.69 Å². The van der Waals surface area contributed by atoms with Crippen LogP contribution in [-0.4, -0.2) is 19.2 Å². The highest BCUT2D eigenvalue weighted by Gasteiger charge is 2.02. The van der Waals surface area contributed by atoms with Crippen LogP contribution in [0.15, 0.2) is 42.5 Å². The molecule has 94 valence electrons. The Hall–Kier alpha value is -1.80. The zero-order chi connectivity index (χ0) is 13.1. The third-order valence-electron chi connectivity index (χ3n) is 3.23. The molecule has 0 aromatic heterocycles. The molecule has 0 saturated carbocycles. The minimum atomic E-state index is 0.103. The van der Waals surface area contributed by atoms with Crippen molar-refractivity contribution in [3.05, 3.63) is 53.6 Å². The summed E-state index contributed by atoms with van der Waals surface area (Å²) in [6.07, 6.45) is 0. The van der Waals surface area contributed by atoms with E-state index in [1.54, 1.807) is 0 Å². The summed E-state index contributed by atoms with van der Waals surface area (Å²) in [4.78, 5) is 2.09. The fraction of sp³-hybridized carbons (Fsp3) is 0.250. The normalized spacial score (nSPS) is 10.4. The molecule has 0 spiro atoms. The van der Waals surface area contributed by atoms with Gasteiger partial charge in [0.15, 0.2) is 0 Å². The molecule has 2 aromatic carbocycles. The van der Waals surface area contributed by atoms with E-state index in [0.29, 0.717) is 0 Å². The predicted octanol–water partition coefficient (Wildman–Crippen LogP) is 3.22. The molecule has 0 aliphatic heterocycles. The van der Waals surface area contributed by atoms with Gasteiger partial charge in [-0.1, -0.05) is 30.3 Å². The number of aliphatic hydroxyl groups is 1. The van der Waals surface area contributed by atoms with Crippen molar-refractivity contribution in [3.8, 4) is 11.1 Å². The maximum absolute atomic E-state index is 9.17. The highest BCUT2D eigenvalue weighted by atomic mass is 16.3. The van der Waals surface area contributed by atoms with Gasteiger partial charge in [0.25, 0.3) is 0 Å². The molecule has 18 heavy (non-hydrogen) atoms. The number of aliphatic hydroxyl groups excluding tert-OH is 1. The van der Waals surface area contributed by atoms with Gasteiger partial charge in [-0.3, -0.25) is 0 Å². The standard InChI is InChI=1S/C16H19NO/c1-12-10-14(4-5-15(12)11-18)13-6-8-16(9-7-13)17(2)3/h4-10,18H,11H2,1-3H3. The Morgan fingerprint density at radius 1 is 0.944 bits per heavy atom. The Morgan fingerprint density at radius 2 is 1.56 bits per heavy atom. The molecule has 0 aliphatic rings. The molecule has 0 fully saturated rings. The summed E-state index contributed by atoms with van der Waals surface area (Å²) in [7, 11) is 4.07. The average molecular weight is 241 g/mol. The molecule has 2 nitrogen and oxygen atoms in total. The number of anilines is 1. The van der Waals surface area contributed by atoms with E-state index < -0.39 is 0 Å². The van der Waals surface area contributed by atoms with Gasteiger partial charge in [0.1, 0.15) is 0 Å². The van der Waals surface area contributed by atoms with E-state index in [1.807, 2.05) is 27.1 Å². The first kappa shape index (κ1) is 12.7. The molecule has 0 amide bonds. The Kier molecular flexibility index (Phi) is 3.68. The second kappa shape index (κ2) is 5.23. The highest BCUT2D eigenvalue weighted by Crippen LogP contribution is 2.24. The highest BCUT2D eigenvalue weighted by molar-refractivity contribution is 5.67. The zero-order valence-electron chi connectivity index (χ0n) is 11.1. The van der Waals surface area contributed by atoms with Crippen molar-refractivity contribution in [1.29, 1.82) is 0 Å². The van der Waals surface area contributed by atoms with Gasteiger partial charge in [0, 0.05) is 19.8 Å². The van der Waals surface area contributed by atoms with E-state index in [1.165, 1.54) is 16.8 Å². The van der Waals surface area contributed by atoms with Gasteiger partial charge in [-0.05, 0) is 41.3 Å². The summed E-state index contributed by atoms with van der Waals surface area (Å²) in [6.45, 7) is 2.13. The molecule has 0 unspecified atom stereocenters. The lowest BCUT2D eigenvalue weighted by Gasteiger charge is -2.13. The van der Waals surface area contributed by atoms with E-state index in [2.05, 4.69) is 41.3 Å². The Morgan fingerprint density at radius 3 is 2.06 bits per heavy atom. The third kappa shape index (κ3) is 2.54. The summed E-state index contributed by atoms with van der Waals surface area (Å²) in [5, 5.41) is 9.17. The third-order valence-corrected chi connectivity index (χ3v) is 3.23. The van der Waals surface area contributed by atoms with Gasteiger partial charge in [0.05, 0.1) is 6.61 Å². The molecule has 2 heteroatoms. The first-order chi connectivity index (χ1) is 8.61. The number of aryl methyl sites for hydroxylation is 1. The van der Waals surface area contributed by atoms with Crippen LogP contribution in [-0.2, 0) is 6.61 Å². The molecule has 0 aliphatic carbocycles. The molecule has 1 N–H and O–H groups in total. The van der Waals surface area contributed by atoms with E-state index in [4.69, 9.17) is 0 Å². The van der Waals surface area contributed by atoms with Crippen molar-refractivity contribution < 1.29 is 5.11 Å². The van der Waals surface area contributed by atoms with Gasteiger partial charge in [-0.25, -0.2) is 0 Å². The summed E-state index contributed by atoms with van der Waals surface area (Å²) < 4.78 is 0. The number of rotatable bonds is 3. The maximum Gasteiger partial charge on any atom is 0.0684 e. The van der Waals surface area contributed by atoms with Gasteiger partial charge in [-0.15, -0.1) is 0 Å². The summed E-state index contributed by atoms with van der Waals surface area (Å²) in [5.74, 6) is 0. The van der Waals surface area contributed by atoms with Crippen molar-refractivity contribution in [2.24, 2.45) is 0 Å². The lowest BCUT2D eigenvalue weighted by atomic mass is 10.00. The number of benzene rings is 2. The molecule has 2 aromatic rings. The van der Waals surface area contributed by atoms with Gasteiger partial charge >= 0.3 is 0 Å². The van der Waals surface area contributed by atoms with Crippen molar-refractivity contribution in [2.75, 3.05) is 19.0 Å². The fourth-order valence-electron chi connectivity index (χ4n) is 2.00. The largest absolute Gasteiger partial charge is 0.392 e. The van der Waals surface area contributed by atoms with Crippen LogP contribution >= 0.6 is 0 Å². The molecule has 2 rings (SSSR count). The van der Waals surface area contributed by atoms with Gasteiger partial charge in [0.2, 0.25) is 0 Å². The topological polar surface area (TPSA) is 23.5 Å². The number of hydrogen-bond donors (Lipinski definition) is 1. The lowest BCUT2D eigenvalue weighted by Crippen LogP contribution is -2.07. The smallest absolute Gasteiger partial charge is 0.0684 e. The van der Waals surface area contributed by atoms with E-state index in [0.717, 1.165) is 11.1 Å². The predicted molar refractivity (Wildman–Crippen MR) is 76.9 cm³/mol. The minimum Gasteiger partial charge on any atom is -0.392 e.